The zero-order valence-corrected chi connectivity index (χ0v) is 13.4. The molecule has 0 spiro atoms. The number of ether oxygens (including phenoxy) is 2. The number of aliphatic hydroxyl groups excluding tert-OH is 1. The van der Waals surface area contributed by atoms with Crippen molar-refractivity contribution in [1.82, 2.24) is 0 Å². The van der Waals surface area contributed by atoms with Crippen LogP contribution in [-0.2, 0) is 14.3 Å². The molecule has 4 rings (SSSR count). The van der Waals surface area contributed by atoms with Crippen molar-refractivity contribution in [3.63, 3.8) is 0 Å². The number of rotatable bonds is 3. The highest BCUT2D eigenvalue weighted by molar-refractivity contribution is 6.16. The van der Waals surface area contributed by atoms with Gasteiger partial charge in [-0.15, -0.1) is 0 Å². The van der Waals surface area contributed by atoms with Crippen LogP contribution in [0.3, 0.4) is 0 Å². The third-order valence-corrected chi connectivity index (χ3v) is 5.75. The molecule has 5 heteroatoms. The second-order valence-corrected chi connectivity index (χ2v) is 7.24. The van der Waals surface area contributed by atoms with Gasteiger partial charge in [-0.3, -0.25) is 0 Å². The van der Waals surface area contributed by atoms with Crippen molar-refractivity contribution >= 4 is 11.5 Å². The molecule has 5 nitrogen and oxygen atoms in total. The minimum atomic E-state index is -0.454. The van der Waals surface area contributed by atoms with Crippen LogP contribution in [0.5, 0.6) is 0 Å². The average Bonchev–Trinajstić information content (AvgIpc) is 3.27. The molecule has 0 aromatic heterocycles. The molecule has 3 aliphatic heterocycles. The minimum absolute atomic E-state index is 0.0984. The molecule has 0 amide bonds. The summed E-state index contributed by atoms with van der Waals surface area (Å²) in [5.41, 5.74) is 0.875. The summed E-state index contributed by atoms with van der Waals surface area (Å²) in [4.78, 5) is 12.4. The first-order valence-electron chi connectivity index (χ1n) is 8.12. The number of benzene rings is 1. The molecule has 23 heavy (non-hydrogen) atoms. The van der Waals surface area contributed by atoms with Crippen LogP contribution in [0.2, 0.25) is 0 Å². The number of hydrogen-bond donors (Lipinski definition) is 1. The third-order valence-electron chi connectivity index (χ3n) is 5.75. The summed E-state index contributed by atoms with van der Waals surface area (Å²) in [5.74, 6) is -0.454. The van der Waals surface area contributed by atoms with Gasteiger partial charge in [-0.25, -0.2) is 4.79 Å². The maximum atomic E-state index is 12.4. The summed E-state index contributed by atoms with van der Waals surface area (Å²) < 4.78 is 12.4. The highest BCUT2D eigenvalue weighted by Gasteiger charge is 2.70. The van der Waals surface area contributed by atoms with E-state index in [2.05, 4.69) is 14.1 Å². The highest BCUT2D eigenvalue weighted by atomic mass is 16.6. The Hall–Kier alpha value is -1.85. The van der Waals surface area contributed by atoms with Crippen molar-refractivity contribution < 1.29 is 23.9 Å². The molecule has 1 aromatic carbocycles. The first-order valence-corrected chi connectivity index (χ1v) is 8.12. The fourth-order valence-electron chi connectivity index (χ4n) is 4.38. The second-order valence-electron chi connectivity index (χ2n) is 7.24. The van der Waals surface area contributed by atoms with Gasteiger partial charge in [0.05, 0.1) is 20.4 Å². The van der Waals surface area contributed by atoms with E-state index in [1.807, 2.05) is 18.2 Å². The van der Waals surface area contributed by atoms with Crippen molar-refractivity contribution in [1.29, 1.82) is 0 Å². The lowest BCUT2D eigenvalue weighted by atomic mass is 9.96. The van der Waals surface area contributed by atoms with Crippen molar-refractivity contribution in [3.05, 3.63) is 42.2 Å². The van der Waals surface area contributed by atoms with E-state index < -0.39 is 5.97 Å². The van der Waals surface area contributed by atoms with Gasteiger partial charge in [0.25, 0.3) is 0 Å². The SMILES string of the molecule is C[N+]1(C)C2CC(OC(=O)C(=CO)c3ccccc3)CC1C1OC12. The zero-order chi connectivity index (χ0) is 16.2. The lowest BCUT2D eigenvalue weighted by Crippen LogP contribution is -2.59. The van der Waals surface area contributed by atoms with Gasteiger partial charge in [-0.2, -0.15) is 0 Å². The van der Waals surface area contributed by atoms with Gasteiger partial charge in [-0.1, -0.05) is 30.3 Å². The molecular formula is C18H22NO4+. The molecule has 0 radical (unpaired) electrons. The van der Waals surface area contributed by atoms with Crippen molar-refractivity contribution in [2.45, 2.75) is 43.2 Å². The second kappa shape index (κ2) is 5.08. The van der Waals surface area contributed by atoms with Crippen LogP contribution in [0.1, 0.15) is 18.4 Å². The van der Waals surface area contributed by atoms with Gasteiger partial charge in [0.15, 0.2) is 0 Å². The summed E-state index contributed by atoms with van der Waals surface area (Å²) in [6.45, 7) is 0. The molecule has 0 saturated carbocycles. The monoisotopic (exact) mass is 316 g/mol. The molecule has 1 N–H and O–H groups in total. The molecule has 3 heterocycles. The quantitative estimate of drug-likeness (QED) is 0.304. The van der Waals surface area contributed by atoms with E-state index in [-0.39, 0.29) is 11.7 Å². The van der Waals surface area contributed by atoms with Crippen molar-refractivity contribution in [2.24, 2.45) is 0 Å². The number of aliphatic hydroxyl groups is 1. The van der Waals surface area contributed by atoms with Crippen LogP contribution >= 0.6 is 0 Å². The van der Waals surface area contributed by atoms with Crippen molar-refractivity contribution in [2.75, 3.05) is 14.1 Å². The van der Waals surface area contributed by atoms with E-state index in [4.69, 9.17) is 9.47 Å². The number of epoxide rings is 1. The Labute approximate surface area is 135 Å². The lowest BCUT2D eigenvalue weighted by Gasteiger charge is -2.45. The van der Waals surface area contributed by atoms with E-state index in [1.54, 1.807) is 12.1 Å². The Balaban J connectivity index is 1.46. The summed E-state index contributed by atoms with van der Waals surface area (Å²) in [5, 5.41) is 9.44. The van der Waals surface area contributed by atoms with Crippen LogP contribution in [0.15, 0.2) is 36.6 Å². The number of piperidine rings is 1. The summed E-state index contributed by atoms with van der Waals surface area (Å²) in [6.07, 6.45) is 3.06. The topological polar surface area (TPSA) is 59.1 Å². The minimum Gasteiger partial charge on any atom is -0.515 e. The number of nitrogens with zero attached hydrogens (tertiary/aromatic N) is 1. The number of carbonyl (C=O) groups excluding carboxylic acids is 1. The molecular weight excluding hydrogens is 294 g/mol. The maximum absolute atomic E-state index is 12.4. The maximum Gasteiger partial charge on any atom is 0.342 e. The standard InChI is InChI=1S/C18H21NO4/c1-19(2)14-8-12(9-15(19)17-16(14)23-17)22-18(21)13(10-20)11-6-4-3-5-7-11/h3-7,10,12,14-17H,8-9H2,1-2H3/p+1. The highest BCUT2D eigenvalue weighted by Crippen LogP contribution is 2.51. The molecule has 3 fully saturated rings. The van der Waals surface area contributed by atoms with Gasteiger partial charge in [0, 0.05) is 12.8 Å². The van der Waals surface area contributed by atoms with Crippen molar-refractivity contribution in [3.8, 4) is 0 Å². The fraction of sp³-hybridized carbons (Fsp3) is 0.500. The number of likely N-dealkylation sites (N-methyl/N-ethyl adjacent to an activating group) is 1. The van der Waals surface area contributed by atoms with Crippen LogP contribution in [0.25, 0.3) is 5.57 Å². The normalized spacial score (nSPS) is 37.1. The summed E-state index contributed by atoms with van der Waals surface area (Å²) >= 11 is 0. The predicted molar refractivity (Wildman–Crippen MR) is 84.5 cm³/mol. The van der Waals surface area contributed by atoms with Gasteiger partial charge >= 0.3 is 5.97 Å². The van der Waals surface area contributed by atoms with Crippen LogP contribution in [0, 0.1) is 0 Å². The van der Waals surface area contributed by atoms with Crippen LogP contribution in [0.4, 0.5) is 0 Å². The van der Waals surface area contributed by atoms with E-state index in [1.165, 1.54) is 0 Å². The van der Waals surface area contributed by atoms with E-state index >= 15 is 0 Å². The largest absolute Gasteiger partial charge is 0.515 e. The Bertz CT molecular complexity index is 634. The Kier molecular flexibility index (Phi) is 3.25. The number of quaternary nitrogens is 1. The van der Waals surface area contributed by atoms with E-state index in [0.717, 1.165) is 23.6 Å². The number of morpholine rings is 1. The van der Waals surface area contributed by atoms with Gasteiger partial charge in [0.2, 0.25) is 0 Å². The molecule has 3 aliphatic rings. The molecule has 1 aromatic rings. The molecule has 4 unspecified atom stereocenters. The van der Waals surface area contributed by atoms with Crippen LogP contribution in [-0.4, -0.2) is 60.0 Å². The first kappa shape index (κ1) is 14.7. The molecule has 3 saturated heterocycles. The number of carbonyl (C=O) groups is 1. The summed E-state index contributed by atoms with van der Waals surface area (Å²) in [7, 11) is 4.48. The average molecular weight is 316 g/mol. The lowest BCUT2D eigenvalue weighted by molar-refractivity contribution is -0.938. The van der Waals surface area contributed by atoms with E-state index in [0.29, 0.717) is 29.9 Å². The Morgan fingerprint density at radius 2 is 1.83 bits per heavy atom. The Morgan fingerprint density at radius 1 is 1.22 bits per heavy atom. The number of fused-ring (bicyclic) bond motifs is 5. The smallest absolute Gasteiger partial charge is 0.342 e. The number of esters is 1. The van der Waals surface area contributed by atoms with Crippen LogP contribution < -0.4 is 0 Å². The van der Waals surface area contributed by atoms with E-state index in [9.17, 15) is 9.90 Å². The molecule has 2 bridgehead atoms. The summed E-state index contributed by atoms with van der Waals surface area (Å²) in [6, 6.07) is 9.91. The number of hydrogen-bond acceptors (Lipinski definition) is 4. The first-order chi connectivity index (χ1) is 11.0. The molecule has 4 atom stereocenters. The van der Waals surface area contributed by atoms with Gasteiger partial charge in [-0.05, 0) is 5.56 Å². The fourth-order valence-corrected chi connectivity index (χ4v) is 4.38. The Morgan fingerprint density at radius 3 is 2.39 bits per heavy atom. The predicted octanol–water partition coefficient (Wildman–Crippen LogP) is 1.89. The molecule has 0 aliphatic carbocycles. The third kappa shape index (κ3) is 2.26. The zero-order valence-electron chi connectivity index (χ0n) is 13.4. The molecule has 122 valence electrons. The van der Waals surface area contributed by atoms with Gasteiger partial charge < -0.3 is 19.1 Å². The van der Waals surface area contributed by atoms with Gasteiger partial charge in [0.1, 0.15) is 36.0 Å².